The van der Waals surface area contributed by atoms with Crippen LogP contribution in [0, 0.1) is 5.92 Å². The summed E-state index contributed by atoms with van der Waals surface area (Å²) in [5, 5.41) is 12.2. The number of ketones is 1. The minimum absolute atomic E-state index is 0.0910. The Kier molecular flexibility index (Phi) is 5.70. The average molecular weight is 235 g/mol. The molecule has 3 heteroatoms. The molecule has 1 aromatic rings. The predicted molar refractivity (Wildman–Crippen MR) is 70.4 cm³/mol. The number of carbonyl (C=O) groups is 1. The first-order valence-electron chi connectivity index (χ1n) is 6.09. The smallest absolute Gasteiger partial charge is 0.159 e. The van der Waals surface area contributed by atoms with Gasteiger partial charge >= 0.3 is 0 Å². The van der Waals surface area contributed by atoms with Gasteiger partial charge in [0.05, 0.1) is 0 Å². The van der Waals surface area contributed by atoms with Crippen LogP contribution in [-0.2, 0) is 0 Å². The number of hydrogen-bond donors (Lipinski definition) is 2. The molecule has 1 atom stereocenters. The maximum atomic E-state index is 11.1. The summed E-state index contributed by atoms with van der Waals surface area (Å²) in [5.74, 6) is 0.463. The molecule has 94 valence electrons. The second-order valence-electron chi connectivity index (χ2n) is 4.49. The first-order chi connectivity index (χ1) is 8.13. The summed E-state index contributed by atoms with van der Waals surface area (Å²) in [6.45, 7) is 4.76. The highest BCUT2D eigenvalue weighted by atomic mass is 16.3. The largest absolute Gasteiger partial charge is 0.396 e. The standard InChI is InChI=1S/C14H21NO2/c1-11(10-16)4-3-9-15-14-7-5-13(6-8-14)12(2)17/h5-8,11,15-16H,3-4,9-10H2,1-2H3. The number of hydrogen-bond acceptors (Lipinski definition) is 3. The quantitative estimate of drug-likeness (QED) is 0.564. The van der Waals surface area contributed by atoms with Crippen molar-refractivity contribution in [3.8, 4) is 0 Å². The van der Waals surface area contributed by atoms with Gasteiger partial charge in [-0.25, -0.2) is 0 Å². The molecule has 1 unspecified atom stereocenters. The summed E-state index contributed by atoms with van der Waals surface area (Å²) in [6, 6.07) is 7.51. The molecule has 0 amide bonds. The highest BCUT2D eigenvalue weighted by Gasteiger charge is 2.00. The molecule has 0 saturated carbocycles. The molecule has 3 nitrogen and oxygen atoms in total. The van der Waals surface area contributed by atoms with E-state index < -0.39 is 0 Å². The number of aliphatic hydroxyl groups is 1. The molecule has 0 bridgehead atoms. The monoisotopic (exact) mass is 235 g/mol. The number of benzene rings is 1. The van der Waals surface area contributed by atoms with Crippen molar-refractivity contribution in [1.82, 2.24) is 0 Å². The highest BCUT2D eigenvalue weighted by Crippen LogP contribution is 2.11. The first kappa shape index (κ1) is 13.7. The minimum atomic E-state index is 0.0910. The molecule has 2 N–H and O–H groups in total. The molecule has 0 aliphatic heterocycles. The minimum Gasteiger partial charge on any atom is -0.396 e. The van der Waals surface area contributed by atoms with E-state index in [1.807, 2.05) is 31.2 Å². The molecular weight excluding hydrogens is 214 g/mol. The number of rotatable bonds is 7. The van der Waals surface area contributed by atoms with Crippen LogP contribution in [0.15, 0.2) is 24.3 Å². The van der Waals surface area contributed by atoms with E-state index in [0.717, 1.165) is 30.6 Å². The average Bonchev–Trinajstić information content (AvgIpc) is 2.34. The third kappa shape index (κ3) is 5.00. The Hall–Kier alpha value is -1.35. The van der Waals surface area contributed by atoms with Crippen molar-refractivity contribution in [2.24, 2.45) is 5.92 Å². The second kappa shape index (κ2) is 7.07. The van der Waals surface area contributed by atoms with E-state index in [1.165, 1.54) is 0 Å². The fraction of sp³-hybridized carbons (Fsp3) is 0.500. The summed E-state index contributed by atoms with van der Waals surface area (Å²) in [7, 11) is 0. The number of aliphatic hydroxyl groups excluding tert-OH is 1. The summed E-state index contributed by atoms with van der Waals surface area (Å²) in [5.41, 5.74) is 1.77. The molecule has 0 spiro atoms. The van der Waals surface area contributed by atoms with E-state index >= 15 is 0 Å². The zero-order chi connectivity index (χ0) is 12.7. The Morgan fingerprint density at radius 2 is 2.00 bits per heavy atom. The van der Waals surface area contributed by atoms with Gasteiger partial charge in [0, 0.05) is 24.4 Å². The van der Waals surface area contributed by atoms with Gasteiger partial charge in [-0.15, -0.1) is 0 Å². The maximum Gasteiger partial charge on any atom is 0.159 e. The van der Waals surface area contributed by atoms with Gasteiger partial charge in [0.15, 0.2) is 5.78 Å². The Morgan fingerprint density at radius 1 is 1.35 bits per heavy atom. The normalized spacial score (nSPS) is 12.2. The van der Waals surface area contributed by atoms with Crippen LogP contribution in [0.1, 0.15) is 37.0 Å². The topological polar surface area (TPSA) is 49.3 Å². The van der Waals surface area contributed by atoms with Gasteiger partial charge in [-0.2, -0.15) is 0 Å². The molecule has 0 aliphatic carbocycles. The third-order valence-electron chi connectivity index (χ3n) is 2.81. The van der Waals surface area contributed by atoms with Crippen LogP contribution in [0.3, 0.4) is 0 Å². The molecule has 1 aromatic carbocycles. The lowest BCUT2D eigenvalue weighted by Gasteiger charge is -2.09. The first-order valence-corrected chi connectivity index (χ1v) is 6.09. The van der Waals surface area contributed by atoms with Crippen molar-refractivity contribution < 1.29 is 9.90 Å². The van der Waals surface area contributed by atoms with Crippen LogP contribution in [0.5, 0.6) is 0 Å². The van der Waals surface area contributed by atoms with Gasteiger partial charge in [0.25, 0.3) is 0 Å². The van der Waals surface area contributed by atoms with Crippen LogP contribution in [0.25, 0.3) is 0 Å². The molecule has 17 heavy (non-hydrogen) atoms. The van der Waals surface area contributed by atoms with E-state index in [1.54, 1.807) is 6.92 Å². The zero-order valence-electron chi connectivity index (χ0n) is 10.6. The zero-order valence-corrected chi connectivity index (χ0v) is 10.6. The molecular formula is C14H21NO2. The summed E-state index contributed by atoms with van der Waals surface area (Å²) in [4.78, 5) is 11.1. The fourth-order valence-corrected chi connectivity index (χ4v) is 1.60. The van der Waals surface area contributed by atoms with Crippen molar-refractivity contribution in [3.63, 3.8) is 0 Å². The van der Waals surface area contributed by atoms with Crippen LogP contribution in [0.2, 0.25) is 0 Å². The van der Waals surface area contributed by atoms with Gasteiger partial charge in [-0.1, -0.05) is 6.92 Å². The van der Waals surface area contributed by atoms with E-state index in [4.69, 9.17) is 5.11 Å². The third-order valence-corrected chi connectivity index (χ3v) is 2.81. The Morgan fingerprint density at radius 3 is 2.53 bits per heavy atom. The maximum absolute atomic E-state index is 11.1. The van der Waals surface area contributed by atoms with Crippen molar-refractivity contribution in [2.75, 3.05) is 18.5 Å². The van der Waals surface area contributed by atoms with Crippen molar-refractivity contribution in [2.45, 2.75) is 26.7 Å². The molecule has 0 fully saturated rings. The Labute approximate surface area is 103 Å². The van der Waals surface area contributed by atoms with Crippen molar-refractivity contribution in [1.29, 1.82) is 0 Å². The predicted octanol–water partition coefficient (Wildman–Crippen LogP) is 2.71. The number of nitrogens with one attached hydrogen (secondary N) is 1. The summed E-state index contributed by atoms with van der Waals surface area (Å²) >= 11 is 0. The molecule has 0 saturated heterocycles. The Bertz CT molecular complexity index is 346. The van der Waals surface area contributed by atoms with Crippen molar-refractivity contribution in [3.05, 3.63) is 29.8 Å². The molecule has 0 heterocycles. The highest BCUT2D eigenvalue weighted by molar-refractivity contribution is 5.94. The molecule has 0 aromatic heterocycles. The van der Waals surface area contributed by atoms with Crippen LogP contribution in [0.4, 0.5) is 5.69 Å². The molecule has 0 aliphatic rings. The lowest BCUT2D eigenvalue weighted by molar-refractivity contribution is 0.101. The Balaban J connectivity index is 2.30. The molecule has 1 rings (SSSR count). The molecule has 0 radical (unpaired) electrons. The van der Waals surface area contributed by atoms with Gasteiger partial charge in [0.2, 0.25) is 0 Å². The van der Waals surface area contributed by atoms with E-state index in [2.05, 4.69) is 5.32 Å². The van der Waals surface area contributed by atoms with Gasteiger partial charge in [0.1, 0.15) is 0 Å². The van der Waals surface area contributed by atoms with Crippen LogP contribution >= 0.6 is 0 Å². The van der Waals surface area contributed by atoms with Gasteiger partial charge in [-0.3, -0.25) is 4.79 Å². The van der Waals surface area contributed by atoms with E-state index in [-0.39, 0.29) is 12.4 Å². The van der Waals surface area contributed by atoms with Crippen molar-refractivity contribution >= 4 is 11.5 Å². The summed E-state index contributed by atoms with van der Waals surface area (Å²) in [6.07, 6.45) is 2.06. The number of Topliss-reactive ketones (excluding diaryl/α,β-unsaturated/α-hetero) is 1. The van der Waals surface area contributed by atoms with E-state index in [9.17, 15) is 4.79 Å². The van der Waals surface area contributed by atoms with Gasteiger partial charge < -0.3 is 10.4 Å². The SMILES string of the molecule is CC(=O)c1ccc(NCCCC(C)CO)cc1. The van der Waals surface area contributed by atoms with Gasteiger partial charge in [-0.05, 0) is 49.9 Å². The van der Waals surface area contributed by atoms with Crippen LogP contribution in [-0.4, -0.2) is 24.0 Å². The lowest BCUT2D eigenvalue weighted by Crippen LogP contribution is -2.06. The number of anilines is 1. The van der Waals surface area contributed by atoms with Crippen LogP contribution < -0.4 is 5.32 Å². The summed E-state index contributed by atoms with van der Waals surface area (Å²) < 4.78 is 0. The second-order valence-corrected chi connectivity index (χ2v) is 4.49. The number of carbonyl (C=O) groups excluding carboxylic acids is 1. The lowest BCUT2D eigenvalue weighted by atomic mass is 10.1. The van der Waals surface area contributed by atoms with E-state index in [0.29, 0.717) is 5.92 Å². The fourth-order valence-electron chi connectivity index (χ4n) is 1.60.